The number of aromatic nitrogens is 3. The molecule has 2 N–H and O–H groups in total. The van der Waals surface area contributed by atoms with Crippen LogP contribution in [0.5, 0.6) is 0 Å². The summed E-state index contributed by atoms with van der Waals surface area (Å²) in [4.78, 5) is 8.50. The van der Waals surface area contributed by atoms with Crippen LogP contribution >= 0.6 is 0 Å². The summed E-state index contributed by atoms with van der Waals surface area (Å²) in [5.74, 6) is 0.840. The zero-order chi connectivity index (χ0) is 13.9. The lowest BCUT2D eigenvalue weighted by atomic mass is 10.1. The van der Waals surface area contributed by atoms with Crippen molar-refractivity contribution in [3.63, 3.8) is 0 Å². The number of ether oxygens (including phenoxy) is 1. The van der Waals surface area contributed by atoms with Gasteiger partial charge in [-0.1, -0.05) is 5.16 Å². The van der Waals surface area contributed by atoms with Gasteiger partial charge in [0, 0.05) is 18.5 Å². The Bertz CT molecular complexity index is 534. The predicted molar refractivity (Wildman–Crippen MR) is 70.3 cm³/mol. The van der Waals surface area contributed by atoms with E-state index in [0.717, 1.165) is 11.3 Å². The van der Waals surface area contributed by atoms with Gasteiger partial charge in [0.05, 0.1) is 12.2 Å². The lowest BCUT2D eigenvalue weighted by molar-refractivity contribution is 0.0962. The molecular weight excluding hydrogens is 244 g/mol. The molecule has 6 heteroatoms. The quantitative estimate of drug-likeness (QED) is 0.881. The van der Waals surface area contributed by atoms with Gasteiger partial charge in [-0.2, -0.15) is 4.98 Å². The molecule has 2 heterocycles. The van der Waals surface area contributed by atoms with Gasteiger partial charge < -0.3 is 15.0 Å². The molecule has 0 saturated carbocycles. The van der Waals surface area contributed by atoms with E-state index in [1.165, 1.54) is 0 Å². The Hall–Kier alpha value is -1.79. The molecule has 0 spiro atoms. The number of nitrogens with zero attached hydrogens (tertiary/aromatic N) is 3. The van der Waals surface area contributed by atoms with E-state index in [2.05, 4.69) is 15.1 Å². The van der Waals surface area contributed by atoms with Crippen LogP contribution in [0.1, 0.15) is 25.4 Å². The number of aryl methyl sites for hydroxylation is 1. The van der Waals surface area contributed by atoms with Crippen molar-refractivity contribution >= 4 is 0 Å². The van der Waals surface area contributed by atoms with Crippen molar-refractivity contribution in [3.8, 4) is 11.5 Å². The molecule has 6 nitrogen and oxygen atoms in total. The molecule has 102 valence electrons. The molecule has 0 aliphatic rings. The largest absolute Gasteiger partial charge is 0.379 e. The zero-order valence-corrected chi connectivity index (χ0v) is 11.4. The van der Waals surface area contributed by atoms with Crippen molar-refractivity contribution < 1.29 is 9.26 Å². The Morgan fingerprint density at radius 2 is 2.21 bits per heavy atom. The van der Waals surface area contributed by atoms with E-state index in [4.69, 9.17) is 15.0 Å². The second kappa shape index (κ2) is 5.46. The van der Waals surface area contributed by atoms with Crippen molar-refractivity contribution in [1.82, 2.24) is 15.1 Å². The number of nitrogens with two attached hydrogens (primary N) is 1. The molecule has 1 unspecified atom stereocenters. The first kappa shape index (κ1) is 13.6. The van der Waals surface area contributed by atoms with Gasteiger partial charge in [0.2, 0.25) is 0 Å². The Kier molecular flexibility index (Phi) is 3.92. The third-order valence-electron chi connectivity index (χ3n) is 2.70. The Balaban J connectivity index is 2.21. The van der Waals surface area contributed by atoms with Crippen LogP contribution in [-0.2, 0) is 10.3 Å². The fourth-order valence-corrected chi connectivity index (χ4v) is 1.55. The highest BCUT2D eigenvalue weighted by atomic mass is 16.5. The minimum Gasteiger partial charge on any atom is -0.379 e. The standard InChI is InChI=1S/C13H18N4O2/c1-4-18-8-13(3,14)12-16-11(19-17-12)10-6-5-9(2)15-7-10/h5-7H,4,8,14H2,1-3H3. The smallest absolute Gasteiger partial charge is 0.259 e. The van der Waals surface area contributed by atoms with Gasteiger partial charge in [0.15, 0.2) is 5.82 Å². The SMILES string of the molecule is CCOCC(C)(N)c1noc(-c2ccc(C)nc2)n1. The van der Waals surface area contributed by atoms with Crippen LogP contribution in [0.25, 0.3) is 11.5 Å². The van der Waals surface area contributed by atoms with Crippen LogP contribution in [0, 0.1) is 6.92 Å². The summed E-state index contributed by atoms with van der Waals surface area (Å²) in [5, 5.41) is 3.92. The molecule has 1 atom stereocenters. The molecule has 0 aliphatic heterocycles. The summed E-state index contributed by atoms with van der Waals surface area (Å²) in [6.45, 7) is 6.58. The fraction of sp³-hybridized carbons (Fsp3) is 0.462. The molecule has 0 aromatic carbocycles. The average Bonchev–Trinajstić information content (AvgIpc) is 2.88. The highest BCUT2D eigenvalue weighted by Crippen LogP contribution is 2.21. The van der Waals surface area contributed by atoms with Gasteiger partial charge >= 0.3 is 0 Å². The first-order valence-corrected chi connectivity index (χ1v) is 6.17. The maximum atomic E-state index is 6.11. The third-order valence-corrected chi connectivity index (χ3v) is 2.70. The zero-order valence-electron chi connectivity index (χ0n) is 11.4. The molecule has 0 bridgehead atoms. The average molecular weight is 262 g/mol. The van der Waals surface area contributed by atoms with Gasteiger partial charge in [-0.05, 0) is 32.9 Å². The highest BCUT2D eigenvalue weighted by Gasteiger charge is 2.28. The van der Waals surface area contributed by atoms with Crippen LogP contribution in [0.4, 0.5) is 0 Å². The Morgan fingerprint density at radius 1 is 1.42 bits per heavy atom. The van der Waals surface area contributed by atoms with Gasteiger partial charge in [0.1, 0.15) is 5.54 Å². The fourth-order valence-electron chi connectivity index (χ4n) is 1.55. The normalized spacial score (nSPS) is 14.3. The molecule has 0 saturated heterocycles. The van der Waals surface area contributed by atoms with E-state index in [9.17, 15) is 0 Å². The van der Waals surface area contributed by atoms with E-state index < -0.39 is 5.54 Å². The predicted octanol–water partition coefficient (Wildman–Crippen LogP) is 1.65. The minimum absolute atomic E-state index is 0.342. The van der Waals surface area contributed by atoms with Crippen molar-refractivity contribution in [2.24, 2.45) is 5.73 Å². The molecule has 0 aliphatic carbocycles. The van der Waals surface area contributed by atoms with E-state index in [1.807, 2.05) is 32.9 Å². The van der Waals surface area contributed by atoms with Gasteiger partial charge in [-0.25, -0.2) is 0 Å². The number of hydrogen-bond donors (Lipinski definition) is 1. The molecule has 0 amide bonds. The van der Waals surface area contributed by atoms with Crippen LogP contribution in [0.15, 0.2) is 22.9 Å². The number of pyridine rings is 1. The summed E-state index contributed by atoms with van der Waals surface area (Å²) in [6, 6.07) is 3.77. The summed E-state index contributed by atoms with van der Waals surface area (Å²) >= 11 is 0. The van der Waals surface area contributed by atoms with Crippen LogP contribution in [0.2, 0.25) is 0 Å². The number of hydrogen-bond acceptors (Lipinski definition) is 6. The lowest BCUT2D eigenvalue weighted by Crippen LogP contribution is -2.39. The van der Waals surface area contributed by atoms with E-state index in [1.54, 1.807) is 6.20 Å². The summed E-state index contributed by atoms with van der Waals surface area (Å²) in [7, 11) is 0. The molecular formula is C13H18N4O2. The highest BCUT2D eigenvalue weighted by molar-refractivity contribution is 5.51. The Labute approximate surface area is 112 Å². The Morgan fingerprint density at radius 3 is 2.84 bits per heavy atom. The lowest BCUT2D eigenvalue weighted by Gasteiger charge is -2.19. The summed E-state index contributed by atoms with van der Waals surface area (Å²) in [5.41, 5.74) is 7.05. The summed E-state index contributed by atoms with van der Waals surface area (Å²) < 4.78 is 10.5. The van der Waals surface area contributed by atoms with Gasteiger partial charge in [-0.15, -0.1) is 0 Å². The third kappa shape index (κ3) is 3.15. The molecule has 19 heavy (non-hydrogen) atoms. The van der Waals surface area contributed by atoms with Crippen LogP contribution in [-0.4, -0.2) is 28.3 Å². The molecule has 2 aromatic rings. The van der Waals surface area contributed by atoms with Gasteiger partial charge in [0.25, 0.3) is 5.89 Å². The molecule has 2 rings (SSSR count). The van der Waals surface area contributed by atoms with Crippen molar-refractivity contribution in [3.05, 3.63) is 29.8 Å². The van der Waals surface area contributed by atoms with E-state index in [0.29, 0.717) is 24.9 Å². The molecule has 0 radical (unpaired) electrons. The minimum atomic E-state index is -0.768. The van der Waals surface area contributed by atoms with Crippen molar-refractivity contribution in [1.29, 1.82) is 0 Å². The first-order valence-electron chi connectivity index (χ1n) is 6.17. The maximum absolute atomic E-state index is 6.11. The van der Waals surface area contributed by atoms with Crippen molar-refractivity contribution in [2.45, 2.75) is 26.3 Å². The van der Waals surface area contributed by atoms with E-state index >= 15 is 0 Å². The monoisotopic (exact) mass is 262 g/mol. The second-order valence-corrected chi connectivity index (χ2v) is 4.67. The van der Waals surface area contributed by atoms with Gasteiger partial charge in [-0.3, -0.25) is 4.98 Å². The maximum Gasteiger partial charge on any atom is 0.259 e. The summed E-state index contributed by atoms with van der Waals surface area (Å²) in [6.07, 6.45) is 1.70. The number of rotatable bonds is 5. The van der Waals surface area contributed by atoms with Crippen LogP contribution in [0.3, 0.4) is 0 Å². The topological polar surface area (TPSA) is 87.1 Å². The first-order chi connectivity index (χ1) is 9.03. The molecule has 2 aromatic heterocycles. The van der Waals surface area contributed by atoms with E-state index in [-0.39, 0.29) is 0 Å². The van der Waals surface area contributed by atoms with Crippen LogP contribution < -0.4 is 5.73 Å². The second-order valence-electron chi connectivity index (χ2n) is 4.67. The molecule has 0 fully saturated rings. The van der Waals surface area contributed by atoms with Crippen molar-refractivity contribution in [2.75, 3.05) is 13.2 Å².